The predicted octanol–water partition coefficient (Wildman–Crippen LogP) is 2.41. The van der Waals surface area contributed by atoms with Gasteiger partial charge in [0.15, 0.2) is 11.6 Å². The standard InChI is InChI=1S/C10H8N2OS/c1-7(13)8-3-6-14-9(8)10-11-4-2-5-12-10/h2-6H,1H3. The van der Waals surface area contributed by atoms with Gasteiger partial charge in [0.1, 0.15) is 0 Å². The van der Waals surface area contributed by atoms with Crippen LogP contribution in [-0.2, 0) is 0 Å². The SMILES string of the molecule is CC(=O)c1ccsc1-c1ncccn1. The first-order valence-electron chi connectivity index (χ1n) is 4.15. The minimum Gasteiger partial charge on any atom is -0.294 e. The van der Waals surface area contributed by atoms with Crippen LogP contribution in [0.2, 0.25) is 0 Å². The van der Waals surface area contributed by atoms with Crippen molar-refractivity contribution < 1.29 is 4.79 Å². The van der Waals surface area contributed by atoms with Crippen LogP contribution in [0.5, 0.6) is 0 Å². The number of ketones is 1. The van der Waals surface area contributed by atoms with E-state index in [0.29, 0.717) is 11.4 Å². The summed E-state index contributed by atoms with van der Waals surface area (Å²) in [6, 6.07) is 3.56. The molecule has 0 N–H and O–H groups in total. The van der Waals surface area contributed by atoms with Crippen LogP contribution in [0.15, 0.2) is 29.9 Å². The Morgan fingerprint density at radius 1 is 1.36 bits per heavy atom. The summed E-state index contributed by atoms with van der Waals surface area (Å²) in [5, 5.41) is 1.88. The molecule has 0 atom stereocenters. The highest BCUT2D eigenvalue weighted by atomic mass is 32.1. The zero-order valence-electron chi connectivity index (χ0n) is 7.60. The molecule has 2 aromatic heterocycles. The third-order valence-corrected chi connectivity index (χ3v) is 2.72. The Bertz CT molecular complexity index is 450. The summed E-state index contributed by atoms with van der Waals surface area (Å²) in [4.78, 5) is 20.3. The first-order chi connectivity index (χ1) is 6.79. The highest BCUT2D eigenvalue weighted by Crippen LogP contribution is 2.26. The van der Waals surface area contributed by atoms with Crippen molar-refractivity contribution in [3.63, 3.8) is 0 Å². The van der Waals surface area contributed by atoms with E-state index >= 15 is 0 Å². The molecule has 0 bridgehead atoms. The van der Waals surface area contributed by atoms with Crippen molar-refractivity contribution in [1.29, 1.82) is 0 Å². The Labute approximate surface area is 85.5 Å². The van der Waals surface area contributed by atoms with E-state index in [4.69, 9.17) is 0 Å². The van der Waals surface area contributed by atoms with Crippen molar-refractivity contribution in [3.8, 4) is 10.7 Å². The van der Waals surface area contributed by atoms with E-state index in [1.165, 1.54) is 11.3 Å². The van der Waals surface area contributed by atoms with Gasteiger partial charge in [-0.2, -0.15) is 0 Å². The van der Waals surface area contributed by atoms with E-state index in [1.807, 2.05) is 5.38 Å². The Balaban J connectivity index is 2.52. The third-order valence-electron chi connectivity index (χ3n) is 1.81. The first kappa shape index (κ1) is 9.02. The number of aromatic nitrogens is 2. The molecule has 0 aliphatic heterocycles. The van der Waals surface area contributed by atoms with Crippen LogP contribution < -0.4 is 0 Å². The second kappa shape index (κ2) is 3.67. The fraction of sp³-hybridized carbons (Fsp3) is 0.100. The fourth-order valence-electron chi connectivity index (χ4n) is 1.18. The summed E-state index contributed by atoms with van der Waals surface area (Å²) in [6.45, 7) is 1.55. The smallest absolute Gasteiger partial charge is 0.170 e. The van der Waals surface area contributed by atoms with E-state index in [1.54, 1.807) is 31.5 Å². The minimum absolute atomic E-state index is 0.0497. The van der Waals surface area contributed by atoms with Gasteiger partial charge in [0.2, 0.25) is 0 Å². The molecule has 0 aromatic carbocycles. The van der Waals surface area contributed by atoms with E-state index in [9.17, 15) is 4.79 Å². The minimum atomic E-state index is 0.0497. The molecule has 0 saturated heterocycles. The van der Waals surface area contributed by atoms with Crippen molar-refractivity contribution in [2.24, 2.45) is 0 Å². The van der Waals surface area contributed by atoms with Crippen LogP contribution in [0.3, 0.4) is 0 Å². The second-order valence-corrected chi connectivity index (χ2v) is 3.71. The van der Waals surface area contributed by atoms with Gasteiger partial charge in [0.25, 0.3) is 0 Å². The van der Waals surface area contributed by atoms with Gasteiger partial charge in [0.05, 0.1) is 4.88 Å². The van der Waals surface area contributed by atoms with Crippen LogP contribution in [0.1, 0.15) is 17.3 Å². The molecule has 14 heavy (non-hydrogen) atoms. The summed E-state index contributed by atoms with van der Waals surface area (Å²) in [6.07, 6.45) is 3.35. The third kappa shape index (κ3) is 1.56. The molecule has 2 aromatic rings. The van der Waals surface area contributed by atoms with E-state index in [2.05, 4.69) is 9.97 Å². The number of hydrogen-bond acceptors (Lipinski definition) is 4. The molecule has 0 amide bonds. The second-order valence-electron chi connectivity index (χ2n) is 2.79. The number of hydrogen-bond donors (Lipinski definition) is 0. The largest absolute Gasteiger partial charge is 0.294 e. The molecule has 3 nitrogen and oxygen atoms in total. The van der Waals surface area contributed by atoms with Crippen LogP contribution in [0, 0.1) is 0 Å². The van der Waals surface area contributed by atoms with Gasteiger partial charge < -0.3 is 0 Å². The molecule has 2 heterocycles. The highest BCUT2D eigenvalue weighted by molar-refractivity contribution is 7.13. The van der Waals surface area contributed by atoms with Crippen LogP contribution in [-0.4, -0.2) is 15.8 Å². The molecule has 70 valence electrons. The van der Waals surface area contributed by atoms with E-state index in [-0.39, 0.29) is 5.78 Å². The maximum atomic E-state index is 11.3. The normalized spacial score (nSPS) is 10.1. The summed E-state index contributed by atoms with van der Waals surface area (Å²) < 4.78 is 0. The molecular formula is C10H8N2OS. The molecule has 0 fully saturated rings. The van der Waals surface area contributed by atoms with Crippen molar-refractivity contribution in [2.75, 3.05) is 0 Å². The molecule has 0 spiro atoms. The van der Waals surface area contributed by atoms with Crippen molar-refractivity contribution in [3.05, 3.63) is 35.5 Å². The molecule has 0 aliphatic carbocycles. The van der Waals surface area contributed by atoms with Gasteiger partial charge in [0, 0.05) is 18.0 Å². The first-order valence-corrected chi connectivity index (χ1v) is 5.03. The molecule has 0 aliphatic rings. The van der Waals surface area contributed by atoms with E-state index in [0.717, 1.165) is 4.88 Å². The lowest BCUT2D eigenvalue weighted by molar-refractivity contribution is 0.101. The van der Waals surface area contributed by atoms with Crippen LogP contribution >= 0.6 is 11.3 Å². The molecule has 4 heteroatoms. The highest BCUT2D eigenvalue weighted by Gasteiger charge is 2.11. The lowest BCUT2D eigenvalue weighted by Crippen LogP contribution is -1.93. The van der Waals surface area contributed by atoms with Crippen LogP contribution in [0.4, 0.5) is 0 Å². The number of thiophene rings is 1. The lowest BCUT2D eigenvalue weighted by Gasteiger charge is -1.97. The fourth-order valence-corrected chi connectivity index (χ4v) is 2.07. The van der Waals surface area contributed by atoms with Gasteiger partial charge >= 0.3 is 0 Å². The molecule has 0 radical (unpaired) electrons. The zero-order valence-corrected chi connectivity index (χ0v) is 8.41. The number of nitrogens with zero attached hydrogens (tertiary/aromatic N) is 2. The molecule has 0 unspecified atom stereocenters. The number of rotatable bonds is 2. The Morgan fingerprint density at radius 3 is 2.71 bits per heavy atom. The van der Waals surface area contributed by atoms with Crippen LogP contribution in [0.25, 0.3) is 10.7 Å². The number of carbonyl (C=O) groups excluding carboxylic acids is 1. The van der Waals surface area contributed by atoms with Crippen molar-refractivity contribution in [1.82, 2.24) is 9.97 Å². The summed E-state index contributed by atoms with van der Waals surface area (Å²) in [5.41, 5.74) is 0.696. The van der Waals surface area contributed by atoms with Crippen molar-refractivity contribution in [2.45, 2.75) is 6.92 Å². The van der Waals surface area contributed by atoms with Crippen molar-refractivity contribution >= 4 is 17.1 Å². The summed E-state index contributed by atoms with van der Waals surface area (Å²) in [7, 11) is 0. The summed E-state index contributed by atoms with van der Waals surface area (Å²) >= 11 is 1.49. The Kier molecular flexibility index (Phi) is 2.37. The van der Waals surface area contributed by atoms with Gasteiger partial charge in [-0.1, -0.05) is 0 Å². The average Bonchev–Trinajstić information content (AvgIpc) is 2.67. The zero-order chi connectivity index (χ0) is 9.97. The molecule has 0 saturated carbocycles. The van der Waals surface area contributed by atoms with Gasteiger partial charge in [-0.3, -0.25) is 4.79 Å². The number of Topliss-reactive ketones (excluding diaryl/α,β-unsaturated/α-hetero) is 1. The molecule has 2 rings (SSSR count). The van der Waals surface area contributed by atoms with Gasteiger partial charge in [-0.15, -0.1) is 11.3 Å². The Hall–Kier alpha value is -1.55. The average molecular weight is 204 g/mol. The van der Waals surface area contributed by atoms with Gasteiger partial charge in [-0.25, -0.2) is 9.97 Å². The maximum Gasteiger partial charge on any atom is 0.170 e. The lowest BCUT2D eigenvalue weighted by atomic mass is 10.2. The van der Waals surface area contributed by atoms with Gasteiger partial charge in [-0.05, 0) is 24.4 Å². The topological polar surface area (TPSA) is 42.9 Å². The molecular weight excluding hydrogens is 196 g/mol. The van der Waals surface area contributed by atoms with E-state index < -0.39 is 0 Å². The quantitative estimate of drug-likeness (QED) is 0.705. The monoisotopic (exact) mass is 204 g/mol. The maximum absolute atomic E-state index is 11.3. The predicted molar refractivity (Wildman–Crippen MR) is 55.3 cm³/mol. The Morgan fingerprint density at radius 2 is 2.07 bits per heavy atom. The number of carbonyl (C=O) groups is 1. The summed E-state index contributed by atoms with van der Waals surface area (Å²) in [5.74, 6) is 0.668.